The highest BCUT2D eigenvalue weighted by molar-refractivity contribution is 5.43. The molecule has 0 bridgehead atoms. The summed E-state index contributed by atoms with van der Waals surface area (Å²) in [6.45, 7) is 6.76. The molecule has 0 amide bonds. The van der Waals surface area contributed by atoms with Crippen LogP contribution in [0.1, 0.15) is 18.1 Å². The molecule has 1 atom stereocenters. The van der Waals surface area contributed by atoms with Gasteiger partial charge in [-0.05, 0) is 62.2 Å². The van der Waals surface area contributed by atoms with Crippen LogP contribution in [0.4, 0.5) is 10.1 Å². The molecule has 0 aliphatic rings. The van der Waals surface area contributed by atoms with Gasteiger partial charge in [0.05, 0.1) is 6.54 Å². The van der Waals surface area contributed by atoms with Crippen molar-refractivity contribution in [1.29, 1.82) is 0 Å². The molecule has 0 saturated carbocycles. The number of halogens is 1. The molecule has 0 heterocycles. The van der Waals surface area contributed by atoms with Crippen molar-refractivity contribution in [2.45, 2.75) is 26.9 Å². The highest BCUT2D eigenvalue weighted by Crippen LogP contribution is 2.20. The molecule has 2 rings (SSSR count). The molecule has 3 heteroatoms. The number of ether oxygens (including phenoxy) is 1. The number of aryl methyl sites for hydroxylation is 2. The second kappa shape index (κ2) is 6.42. The van der Waals surface area contributed by atoms with E-state index in [1.54, 1.807) is 12.1 Å². The predicted molar refractivity (Wildman–Crippen MR) is 80.9 cm³/mol. The lowest BCUT2D eigenvalue weighted by molar-refractivity contribution is 0.233. The van der Waals surface area contributed by atoms with Gasteiger partial charge >= 0.3 is 0 Å². The molecule has 20 heavy (non-hydrogen) atoms. The first kappa shape index (κ1) is 14.4. The van der Waals surface area contributed by atoms with E-state index in [0.29, 0.717) is 6.54 Å². The molecule has 0 spiro atoms. The maximum absolute atomic E-state index is 12.8. The van der Waals surface area contributed by atoms with E-state index in [2.05, 4.69) is 17.4 Å². The fraction of sp³-hybridized carbons (Fsp3) is 0.294. The topological polar surface area (TPSA) is 21.3 Å². The Morgan fingerprint density at radius 2 is 1.80 bits per heavy atom. The standard InChI is InChI=1S/C17H20FNO/c1-12-4-5-13(2)17(10-12)20-14(3)11-19-16-8-6-15(18)7-9-16/h4-10,14,19H,11H2,1-3H3. The summed E-state index contributed by atoms with van der Waals surface area (Å²) in [6.07, 6.45) is 0.0283. The van der Waals surface area contributed by atoms with E-state index in [4.69, 9.17) is 4.74 Å². The monoisotopic (exact) mass is 273 g/mol. The van der Waals surface area contributed by atoms with E-state index in [9.17, 15) is 4.39 Å². The van der Waals surface area contributed by atoms with E-state index in [1.807, 2.05) is 26.8 Å². The first-order valence-electron chi connectivity index (χ1n) is 6.78. The van der Waals surface area contributed by atoms with Crippen LogP contribution in [0.5, 0.6) is 5.75 Å². The number of benzene rings is 2. The fourth-order valence-electron chi connectivity index (χ4n) is 1.92. The Bertz CT molecular complexity index is 566. The lowest BCUT2D eigenvalue weighted by atomic mass is 10.1. The summed E-state index contributed by atoms with van der Waals surface area (Å²) in [6, 6.07) is 12.5. The van der Waals surface area contributed by atoms with Crippen molar-refractivity contribution in [3.05, 3.63) is 59.4 Å². The van der Waals surface area contributed by atoms with Crippen molar-refractivity contribution in [3.63, 3.8) is 0 Å². The Balaban J connectivity index is 1.90. The van der Waals surface area contributed by atoms with Crippen molar-refractivity contribution in [2.24, 2.45) is 0 Å². The van der Waals surface area contributed by atoms with Crippen LogP contribution < -0.4 is 10.1 Å². The minimum atomic E-state index is -0.227. The summed E-state index contributed by atoms with van der Waals surface area (Å²) in [5.74, 6) is 0.689. The predicted octanol–water partition coefficient (Wildman–Crippen LogP) is 4.32. The molecule has 0 aromatic heterocycles. The zero-order chi connectivity index (χ0) is 14.5. The molecule has 0 aliphatic heterocycles. The van der Waals surface area contributed by atoms with Gasteiger partial charge in [0, 0.05) is 5.69 Å². The van der Waals surface area contributed by atoms with Crippen LogP contribution in [-0.4, -0.2) is 12.6 Å². The molecule has 2 nitrogen and oxygen atoms in total. The molecule has 1 N–H and O–H groups in total. The molecule has 106 valence electrons. The van der Waals surface area contributed by atoms with Crippen molar-refractivity contribution >= 4 is 5.69 Å². The molecule has 0 aliphatic carbocycles. The van der Waals surface area contributed by atoms with E-state index in [0.717, 1.165) is 17.0 Å². The zero-order valence-corrected chi connectivity index (χ0v) is 12.1. The van der Waals surface area contributed by atoms with Crippen molar-refractivity contribution < 1.29 is 9.13 Å². The molecule has 0 saturated heterocycles. The normalized spacial score (nSPS) is 12.0. The average Bonchev–Trinajstić information content (AvgIpc) is 2.42. The Hall–Kier alpha value is -2.03. The first-order chi connectivity index (χ1) is 9.54. The summed E-state index contributed by atoms with van der Waals surface area (Å²) in [5.41, 5.74) is 3.20. The van der Waals surface area contributed by atoms with Gasteiger partial charge in [-0.1, -0.05) is 12.1 Å². The van der Waals surface area contributed by atoms with E-state index in [1.165, 1.54) is 17.7 Å². The summed E-state index contributed by atoms with van der Waals surface area (Å²) >= 11 is 0. The minimum absolute atomic E-state index is 0.0283. The van der Waals surface area contributed by atoms with Crippen LogP contribution in [0, 0.1) is 19.7 Å². The maximum Gasteiger partial charge on any atom is 0.123 e. The van der Waals surface area contributed by atoms with Crippen LogP contribution in [0.2, 0.25) is 0 Å². The zero-order valence-electron chi connectivity index (χ0n) is 12.1. The van der Waals surface area contributed by atoms with Crippen LogP contribution in [0.3, 0.4) is 0 Å². The van der Waals surface area contributed by atoms with E-state index < -0.39 is 0 Å². The van der Waals surface area contributed by atoms with Gasteiger partial charge < -0.3 is 10.1 Å². The minimum Gasteiger partial charge on any atom is -0.489 e. The number of anilines is 1. The lowest BCUT2D eigenvalue weighted by Gasteiger charge is -2.18. The second-order valence-corrected chi connectivity index (χ2v) is 5.09. The highest BCUT2D eigenvalue weighted by atomic mass is 19.1. The number of hydrogen-bond acceptors (Lipinski definition) is 2. The Labute approximate surface area is 119 Å². The SMILES string of the molecule is Cc1ccc(C)c(OC(C)CNc2ccc(F)cc2)c1. The summed E-state index contributed by atoms with van der Waals surface area (Å²) < 4.78 is 18.7. The first-order valence-corrected chi connectivity index (χ1v) is 6.78. The van der Waals surface area contributed by atoms with Gasteiger partial charge in [0.15, 0.2) is 0 Å². The Kier molecular flexibility index (Phi) is 4.61. The van der Waals surface area contributed by atoms with Gasteiger partial charge in [-0.2, -0.15) is 0 Å². The van der Waals surface area contributed by atoms with Crippen LogP contribution in [0.15, 0.2) is 42.5 Å². The van der Waals surface area contributed by atoms with Gasteiger partial charge in [-0.3, -0.25) is 0 Å². The third kappa shape index (κ3) is 3.98. The van der Waals surface area contributed by atoms with Crippen molar-refractivity contribution in [2.75, 3.05) is 11.9 Å². The largest absolute Gasteiger partial charge is 0.489 e. The lowest BCUT2D eigenvalue weighted by Crippen LogP contribution is -2.23. The Morgan fingerprint density at radius 3 is 2.50 bits per heavy atom. The molecular weight excluding hydrogens is 253 g/mol. The molecule has 0 fully saturated rings. The van der Waals surface area contributed by atoms with Crippen LogP contribution in [-0.2, 0) is 0 Å². The number of nitrogens with one attached hydrogen (secondary N) is 1. The summed E-state index contributed by atoms with van der Waals surface area (Å²) in [5, 5.41) is 3.23. The molecule has 1 unspecified atom stereocenters. The molecule has 2 aromatic rings. The van der Waals surface area contributed by atoms with Gasteiger partial charge in [0.25, 0.3) is 0 Å². The quantitative estimate of drug-likeness (QED) is 0.876. The summed E-state index contributed by atoms with van der Waals surface area (Å²) in [4.78, 5) is 0. The van der Waals surface area contributed by atoms with Gasteiger partial charge in [-0.25, -0.2) is 4.39 Å². The number of rotatable bonds is 5. The maximum atomic E-state index is 12.8. The second-order valence-electron chi connectivity index (χ2n) is 5.09. The van der Waals surface area contributed by atoms with Crippen LogP contribution in [0.25, 0.3) is 0 Å². The average molecular weight is 273 g/mol. The van der Waals surface area contributed by atoms with E-state index in [-0.39, 0.29) is 11.9 Å². The van der Waals surface area contributed by atoms with Crippen molar-refractivity contribution in [3.8, 4) is 5.75 Å². The molecular formula is C17H20FNO. The van der Waals surface area contributed by atoms with Gasteiger partial charge in [0.1, 0.15) is 17.7 Å². The fourth-order valence-corrected chi connectivity index (χ4v) is 1.92. The Morgan fingerprint density at radius 1 is 1.10 bits per heavy atom. The van der Waals surface area contributed by atoms with Crippen molar-refractivity contribution in [1.82, 2.24) is 0 Å². The molecule has 2 aromatic carbocycles. The third-order valence-corrected chi connectivity index (χ3v) is 3.11. The third-order valence-electron chi connectivity index (χ3n) is 3.11. The van der Waals surface area contributed by atoms with Crippen LogP contribution >= 0.6 is 0 Å². The van der Waals surface area contributed by atoms with E-state index >= 15 is 0 Å². The smallest absolute Gasteiger partial charge is 0.123 e. The van der Waals surface area contributed by atoms with Gasteiger partial charge in [0.2, 0.25) is 0 Å². The molecule has 0 radical (unpaired) electrons. The highest BCUT2D eigenvalue weighted by Gasteiger charge is 2.06. The van der Waals surface area contributed by atoms with Gasteiger partial charge in [-0.15, -0.1) is 0 Å². The summed E-state index contributed by atoms with van der Waals surface area (Å²) in [7, 11) is 0. The number of hydrogen-bond donors (Lipinski definition) is 1.